The molecule has 0 fully saturated rings. The summed E-state index contributed by atoms with van der Waals surface area (Å²) in [5.74, 6) is 0.0356. The summed E-state index contributed by atoms with van der Waals surface area (Å²) in [7, 11) is 0. The van der Waals surface area contributed by atoms with Gasteiger partial charge in [0.1, 0.15) is 5.65 Å². The zero-order valence-electron chi connectivity index (χ0n) is 14.5. The smallest absolute Gasteiger partial charge is 0.163 e. The Bertz CT molecular complexity index is 899. The first-order valence-electron chi connectivity index (χ1n) is 7.77. The van der Waals surface area contributed by atoms with Gasteiger partial charge >= 0.3 is 0 Å². The number of fused-ring (bicyclic) bond motifs is 1. The first kappa shape index (κ1) is 18.8. The van der Waals surface area contributed by atoms with Crippen LogP contribution >= 0.6 is 0 Å². The Hall–Kier alpha value is -1.52. The summed E-state index contributed by atoms with van der Waals surface area (Å²) in [5, 5.41) is 3.42. The van der Waals surface area contributed by atoms with Crippen molar-refractivity contribution in [3.8, 4) is 0 Å². The van der Waals surface area contributed by atoms with E-state index in [9.17, 15) is 4.79 Å². The van der Waals surface area contributed by atoms with Gasteiger partial charge in [-0.05, 0) is 20.3 Å². The van der Waals surface area contributed by atoms with Crippen LogP contribution in [0.4, 0.5) is 11.4 Å². The van der Waals surface area contributed by atoms with Crippen molar-refractivity contribution < 1.29 is 37.5 Å². The molecule has 4 nitrogen and oxygen atoms in total. The van der Waals surface area contributed by atoms with Gasteiger partial charge in [0.25, 0.3) is 0 Å². The van der Waals surface area contributed by atoms with Crippen LogP contribution < -0.4 is 5.32 Å². The van der Waals surface area contributed by atoms with Crippen molar-refractivity contribution in [2.24, 2.45) is 0 Å². The third kappa shape index (κ3) is 3.31. The van der Waals surface area contributed by atoms with Crippen LogP contribution in [0.15, 0.2) is 30.6 Å². The Balaban J connectivity index is 0.00000208. The molecule has 2 heterocycles. The van der Waals surface area contributed by atoms with Gasteiger partial charge in [-0.15, -0.1) is 11.6 Å². The van der Waals surface area contributed by atoms with Crippen molar-refractivity contribution in [1.82, 2.24) is 9.38 Å². The summed E-state index contributed by atoms with van der Waals surface area (Å²) in [6.45, 7) is 7.70. The molecule has 121 valence electrons. The zero-order valence-corrected chi connectivity index (χ0v) is 17.3. The fourth-order valence-electron chi connectivity index (χ4n) is 2.80. The summed E-state index contributed by atoms with van der Waals surface area (Å²) >= 11 is 0. The second-order valence-corrected chi connectivity index (χ2v) is 5.76. The molecule has 3 aromatic rings. The number of carbonyl (C=O) groups is 1. The number of nitrogens with zero attached hydrogens (tertiary/aromatic N) is 2. The molecular weight excluding hydrogens is 375 g/mol. The molecule has 0 saturated carbocycles. The fourth-order valence-corrected chi connectivity index (χ4v) is 2.80. The Morgan fingerprint density at radius 1 is 1.38 bits per heavy atom. The predicted octanol–water partition coefficient (Wildman–Crippen LogP) is 4.26. The van der Waals surface area contributed by atoms with E-state index in [0.29, 0.717) is 5.56 Å². The number of nitrogens with one attached hydrogen (secondary N) is 1. The van der Waals surface area contributed by atoms with Crippen LogP contribution in [0.2, 0.25) is 0 Å². The number of carbonyl (C=O) groups excluding carboxylic acids is 1. The number of hydrogen-bond acceptors (Lipinski definition) is 3. The van der Waals surface area contributed by atoms with Gasteiger partial charge in [0.15, 0.2) is 5.78 Å². The molecule has 3 rings (SSSR count). The van der Waals surface area contributed by atoms with E-state index in [1.165, 1.54) is 0 Å². The van der Waals surface area contributed by atoms with Crippen molar-refractivity contribution in [2.75, 3.05) is 5.32 Å². The number of pyridine rings is 1. The van der Waals surface area contributed by atoms with Crippen molar-refractivity contribution in [3.05, 3.63) is 59.0 Å². The molecule has 2 aromatic heterocycles. The Morgan fingerprint density at radius 2 is 2.12 bits per heavy atom. The van der Waals surface area contributed by atoms with Crippen LogP contribution in [-0.2, 0) is 39.1 Å². The van der Waals surface area contributed by atoms with Crippen LogP contribution in [0.25, 0.3) is 5.65 Å². The van der Waals surface area contributed by atoms with E-state index in [1.807, 2.05) is 48.8 Å². The number of rotatable bonds is 4. The molecule has 0 aliphatic carbocycles. The van der Waals surface area contributed by atoms with Crippen molar-refractivity contribution in [1.29, 1.82) is 0 Å². The number of anilines is 2. The first-order chi connectivity index (χ1) is 11.0. The van der Waals surface area contributed by atoms with E-state index in [0.717, 1.165) is 40.3 Å². The predicted molar refractivity (Wildman–Crippen MR) is 92.6 cm³/mol. The van der Waals surface area contributed by atoms with Gasteiger partial charge in [-0.1, -0.05) is 19.5 Å². The zero-order chi connectivity index (χ0) is 16.6. The van der Waals surface area contributed by atoms with Crippen LogP contribution in [0.3, 0.4) is 0 Å². The average Bonchev–Trinajstić information content (AvgIpc) is 2.94. The maximum Gasteiger partial charge on any atom is 0.163 e. The Kier molecular flexibility index (Phi) is 5.94. The van der Waals surface area contributed by atoms with E-state index in [1.54, 1.807) is 6.92 Å². The number of Topliss-reactive ketones (excluding diaryl/α,β-unsaturated/α-hetero) is 1. The molecule has 0 spiro atoms. The molecule has 0 atom stereocenters. The monoisotopic (exact) mass is 395 g/mol. The van der Waals surface area contributed by atoms with Crippen LogP contribution in [-0.4, -0.2) is 15.2 Å². The Labute approximate surface area is 167 Å². The van der Waals surface area contributed by atoms with Crippen LogP contribution in [0.1, 0.15) is 41.0 Å². The molecule has 0 saturated heterocycles. The summed E-state index contributed by atoms with van der Waals surface area (Å²) in [6, 6.07) is 8.81. The van der Waals surface area contributed by atoms with Gasteiger partial charge in [0.05, 0.1) is 11.3 Å². The van der Waals surface area contributed by atoms with Gasteiger partial charge in [-0.3, -0.25) is 4.79 Å². The molecule has 1 N–H and O–H groups in total. The first-order valence-corrected chi connectivity index (χ1v) is 7.77. The summed E-state index contributed by atoms with van der Waals surface area (Å²) in [5.41, 5.74) is 6.52. The van der Waals surface area contributed by atoms with E-state index in [-0.39, 0.29) is 38.5 Å². The summed E-state index contributed by atoms with van der Waals surface area (Å²) in [4.78, 5) is 16.7. The molecule has 1 radical (unpaired) electrons. The molecule has 1 aromatic carbocycles. The summed E-state index contributed by atoms with van der Waals surface area (Å²) in [6.07, 6.45) is 4.64. The number of ketones is 1. The van der Waals surface area contributed by atoms with Crippen LogP contribution in [0, 0.1) is 19.9 Å². The van der Waals surface area contributed by atoms with E-state index < -0.39 is 0 Å². The molecule has 0 amide bonds. The van der Waals surface area contributed by atoms with Crippen molar-refractivity contribution >= 4 is 22.8 Å². The molecule has 0 unspecified atom stereocenters. The number of hydrogen-bond donors (Lipinski definition) is 1. The van der Waals surface area contributed by atoms with Gasteiger partial charge in [-0.25, -0.2) is 4.98 Å². The molecule has 0 aliphatic rings. The molecule has 24 heavy (non-hydrogen) atoms. The van der Waals surface area contributed by atoms with Crippen molar-refractivity contribution in [2.45, 2.75) is 34.1 Å². The van der Waals surface area contributed by atoms with Gasteiger partial charge < -0.3 is 9.72 Å². The normalized spacial score (nSPS) is 10.5. The van der Waals surface area contributed by atoms with E-state index >= 15 is 0 Å². The third-order valence-electron chi connectivity index (χ3n) is 4.18. The minimum Gasteiger partial charge on any atom is -0.377 e. The topological polar surface area (TPSA) is 46.4 Å². The minimum atomic E-state index is 0. The average molecular weight is 395 g/mol. The maximum absolute atomic E-state index is 12.2. The number of aromatic nitrogens is 2. The molecule has 0 bridgehead atoms. The van der Waals surface area contributed by atoms with E-state index in [2.05, 4.69) is 23.3 Å². The van der Waals surface area contributed by atoms with Gasteiger partial charge in [0, 0.05) is 56.4 Å². The SMILES string of the molecule is CCc1cnc2c(C)c(Nc3cc[c-]cc3C)c(C(C)=O)cn12.[Y]. The minimum absolute atomic E-state index is 0. The molecule has 5 heteroatoms. The standard InChI is InChI=1S/C19H20N3O.Y/c1-5-15-10-20-19-13(3)18(16(14(4)23)11-22(15)19)21-17-9-7-6-8-12(17)2;/h7-11,21H,5H2,1-4H3;/q-1;. The number of imidazole rings is 1. The van der Waals surface area contributed by atoms with E-state index in [4.69, 9.17) is 0 Å². The second-order valence-electron chi connectivity index (χ2n) is 5.76. The van der Waals surface area contributed by atoms with Crippen LogP contribution in [0.5, 0.6) is 0 Å². The number of benzene rings is 1. The van der Waals surface area contributed by atoms with Crippen molar-refractivity contribution in [3.63, 3.8) is 0 Å². The quantitative estimate of drug-likeness (QED) is 0.531. The maximum atomic E-state index is 12.2. The Morgan fingerprint density at radius 3 is 2.75 bits per heavy atom. The summed E-state index contributed by atoms with van der Waals surface area (Å²) < 4.78 is 2.02. The largest absolute Gasteiger partial charge is 0.377 e. The second kappa shape index (κ2) is 7.58. The number of aryl methyl sites for hydroxylation is 3. The van der Waals surface area contributed by atoms with Gasteiger partial charge in [-0.2, -0.15) is 18.2 Å². The molecular formula is C19H20N3OY-. The van der Waals surface area contributed by atoms with Gasteiger partial charge in [0.2, 0.25) is 0 Å². The molecule has 0 aliphatic heterocycles. The third-order valence-corrected chi connectivity index (χ3v) is 4.18. The fraction of sp³-hybridized carbons (Fsp3) is 0.263.